The van der Waals surface area contributed by atoms with Crippen molar-refractivity contribution in [1.29, 1.82) is 0 Å². The van der Waals surface area contributed by atoms with Crippen LogP contribution in [-0.2, 0) is 30.6 Å². The number of carbonyl (C=O) groups is 3. The van der Waals surface area contributed by atoms with E-state index in [1.54, 1.807) is 57.3 Å². The van der Waals surface area contributed by atoms with Crippen molar-refractivity contribution in [3.05, 3.63) is 72.6 Å². The smallest absolute Gasteiger partial charge is 0.407 e. The van der Waals surface area contributed by atoms with E-state index in [9.17, 15) is 22.8 Å². The van der Waals surface area contributed by atoms with Gasteiger partial charge in [0, 0.05) is 42.2 Å². The van der Waals surface area contributed by atoms with Gasteiger partial charge in [-0.25, -0.2) is 18.1 Å². The summed E-state index contributed by atoms with van der Waals surface area (Å²) in [4.78, 5) is 45.6. The number of aromatic nitrogens is 5. The predicted octanol–water partition coefficient (Wildman–Crippen LogP) is 4.09. The zero-order chi connectivity index (χ0) is 36.1. The molecule has 1 fully saturated rings. The van der Waals surface area contributed by atoms with Gasteiger partial charge in [0.15, 0.2) is 9.84 Å². The number of anilines is 1. The van der Waals surface area contributed by atoms with Crippen LogP contribution in [-0.4, -0.2) is 76.4 Å². The first-order chi connectivity index (χ1) is 23.7. The lowest BCUT2D eigenvalue weighted by Gasteiger charge is -2.32. The Morgan fingerprint density at radius 3 is 2.24 bits per heavy atom. The summed E-state index contributed by atoms with van der Waals surface area (Å²) in [6, 6.07) is 14.5. The molecule has 0 saturated heterocycles. The van der Waals surface area contributed by atoms with Crippen molar-refractivity contribution < 1.29 is 27.5 Å². The fourth-order valence-corrected chi connectivity index (χ4v) is 6.46. The largest absolute Gasteiger partial charge is 0.444 e. The highest BCUT2D eigenvalue weighted by atomic mass is 32.2. The normalized spacial score (nSPS) is 17.1. The average Bonchev–Trinajstić information content (AvgIpc) is 3.62. The van der Waals surface area contributed by atoms with Crippen molar-refractivity contribution in [2.45, 2.75) is 69.4 Å². The standard InChI is InChI=1S/C35H42N8O6S/c1-35(2,3)49-34(46)38-19-23-7-11-26(12-8-23)32(44)43(28-15-13-25(14-16-28)31-39-41-42-40-31)33(45)30(36)17-22-5-9-24(10-6-22)27-18-29(21-37-20-27)50(4,47)48/h5-6,9-10,13-16,18,20-21,23,26,30H,7-8,11-12,17,19,36H2,1-4H3,(H,38,46)(H,39,40,41,42)/t23?,26?,30-/m0/s1. The van der Waals surface area contributed by atoms with Gasteiger partial charge in [-0.3, -0.25) is 14.6 Å². The molecule has 15 heteroatoms. The maximum atomic E-state index is 14.1. The van der Waals surface area contributed by atoms with Crippen LogP contribution in [0.3, 0.4) is 0 Å². The second-order valence-corrected chi connectivity index (χ2v) is 15.6. The minimum atomic E-state index is -3.42. The van der Waals surface area contributed by atoms with Gasteiger partial charge in [0.1, 0.15) is 5.60 Å². The Morgan fingerprint density at radius 1 is 0.980 bits per heavy atom. The second-order valence-electron chi connectivity index (χ2n) is 13.6. The van der Waals surface area contributed by atoms with E-state index in [-0.39, 0.29) is 23.1 Å². The van der Waals surface area contributed by atoms with Crippen molar-refractivity contribution >= 4 is 33.4 Å². The van der Waals surface area contributed by atoms with Gasteiger partial charge < -0.3 is 15.8 Å². The Labute approximate surface area is 291 Å². The number of ether oxygens (including phenoxy) is 1. The van der Waals surface area contributed by atoms with E-state index < -0.39 is 39.4 Å². The molecule has 1 saturated carbocycles. The summed E-state index contributed by atoms with van der Waals surface area (Å²) >= 11 is 0. The number of amides is 3. The Balaban J connectivity index is 1.29. The molecule has 4 aromatic rings. The Hall–Kier alpha value is -5.02. The van der Waals surface area contributed by atoms with E-state index in [0.29, 0.717) is 54.9 Å². The van der Waals surface area contributed by atoms with Crippen LogP contribution in [0.15, 0.2) is 71.9 Å². The number of H-pyrrole nitrogens is 1. The first kappa shape index (κ1) is 36.3. The molecule has 2 aromatic heterocycles. The van der Waals surface area contributed by atoms with Crippen molar-refractivity contribution in [2.75, 3.05) is 17.7 Å². The second kappa shape index (κ2) is 15.3. The number of nitrogens with one attached hydrogen (secondary N) is 2. The lowest BCUT2D eigenvalue weighted by Crippen LogP contribution is -2.50. The molecule has 0 spiro atoms. The summed E-state index contributed by atoms with van der Waals surface area (Å²) in [6.45, 7) is 5.86. The monoisotopic (exact) mass is 702 g/mol. The third-order valence-corrected chi connectivity index (χ3v) is 9.58. The summed E-state index contributed by atoms with van der Waals surface area (Å²) < 4.78 is 29.3. The van der Waals surface area contributed by atoms with Crippen LogP contribution < -0.4 is 16.0 Å². The highest BCUT2D eigenvalue weighted by molar-refractivity contribution is 7.90. The molecule has 4 N–H and O–H groups in total. The number of nitrogens with zero attached hydrogens (tertiary/aromatic N) is 5. The van der Waals surface area contributed by atoms with Gasteiger partial charge in [-0.15, -0.1) is 10.2 Å². The topological polar surface area (TPSA) is 203 Å². The number of benzene rings is 2. The number of sulfone groups is 1. The van der Waals surface area contributed by atoms with Gasteiger partial charge in [-0.05, 0) is 105 Å². The molecule has 1 aliphatic rings. The molecule has 50 heavy (non-hydrogen) atoms. The summed E-state index contributed by atoms with van der Waals surface area (Å²) in [6.07, 6.45) is 6.21. The third-order valence-electron chi connectivity index (χ3n) is 8.50. The van der Waals surface area contributed by atoms with Crippen LogP contribution in [0.5, 0.6) is 0 Å². The number of rotatable bonds is 10. The number of hydrogen-bond donors (Lipinski definition) is 3. The zero-order valence-electron chi connectivity index (χ0n) is 28.5. The molecule has 0 unspecified atom stereocenters. The molecular weight excluding hydrogens is 661 g/mol. The van der Waals surface area contributed by atoms with Gasteiger partial charge in [0.25, 0.3) is 5.91 Å². The molecule has 3 amide bonds. The fraction of sp³-hybridized carbons (Fsp3) is 0.400. The predicted molar refractivity (Wildman–Crippen MR) is 186 cm³/mol. The molecule has 1 aliphatic carbocycles. The van der Waals surface area contributed by atoms with Crippen LogP contribution >= 0.6 is 0 Å². The van der Waals surface area contributed by atoms with Crippen LogP contribution in [0.4, 0.5) is 10.5 Å². The van der Waals surface area contributed by atoms with Gasteiger partial charge in [-0.2, -0.15) is 5.21 Å². The summed E-state index contributed by atoms with van der Waals surface area (Å²) in [5.41, 5.74) is 9.10. The first-order valence-electron chi connectivity index (χ1n) is 16.4. The maximum Gasteiger partial charge on any atom is 0.407 e. The molecular formula is C35H42N8O6S. The van der Waals surface area contributed by atoms with Crippen molar-refractivity contribution in [2.24, 2.45) is 17.6 Å². The lowest BCUT2D eigenvalue weighted by molar-refractivity contribution is -0.130. The summed E-state index contributed by atoms with van der Waals surface area (Å²) in [5, 5.41) is 16.8. The van der Waals surface area contributed by atoms with Crippen LogP contribution in [0.2, 0.25) is 0 Å². The van der Waals surface area contributed by atoms with E-state index in [4.69, 9.17) is 10.5 Å². The summed E-state index contributed by atoms with van der Waals surface area (Å²) in [5.74, 6) is -0.718. The van der Waals surface area contributed by atoms with E-state index in [1.807, 2.05) is 24.3 Å². The SMILES string of the molecule is CC(C)(C)OC(=O)NCC1CCC(C(=O)N(C(=O)[C@@H](N)Cc2ccc(-c3cncc(S(C)(=O)=O)c3)cc2)c2ccc(-c3nn[nH]n3)cc2)CC1. The highest BCUT2D eigenvalue weighted by Gasteiger charge is 2.35. The van der Waals surface area contributed by atoms with Crippen molar-refractivity contribution in [3.8, 4) is 22.5 Å². The molecule has 0 radical (unpaired) electrons. The number of imide groups is 1. The molecule has 14 nitrogen and oxygen atoms in total. The number of pyridine rings is 1. The van der Waals surface area contributed by atoms with E-state index >= 15 is 0 Å². The number of alkyl carbamates (subject to hydrolysis) is 1. The van der Waals surface area contributed by atoms with E-state index in [2.05, 4.69) is 30.9 Å². The molecule has 1 atom stereocenters. The number of tetrazole rings is 1. The highest BCUT2D eigenvalue weighted by Crippen LogP contribution is 2.32. The zero-order valence-corrected chi connectivity index (χ0v) is 29.3. The molecule has 2 heterocycles. The number of nitrogens with two attached hydrogens (primary N) is 1. The number of carbonyl (C=O) groups excluding carboxylic acids is 3. The van der Waals surface area contributed by atoms with Gasteiger partial charge >= 0.3 is 6.09 Å². The maximum absolute atomic E-state index is 14.1. The number of aromatic amines is 1. The Morgan fingerprint density at radius 2 is 1.64 bits per heavy atom. The Bertz CT molecular complexity index is 1900. The summed E-state index contributed by atoms with van der Waals surface area (Å²) in [7, 11) is -3.42. The quantitative estimate of drug-likeness (QED) is 0.215. The van der Waals surface area contributed by atoms with Crippen LogP contribution in [0.1, 0.15) is 52.0 Å². The van der Waals surface area contributed by atoms with Crippen LogP contribution in [0.25, 0.3) is 22.5 Å². The lowest BCUT2D eigenvalue weighted by atomic mass is 9.81. The minimum absolute atomic E-state index is 0.118. The number of hydrogen-bond acceptors (Lipinski definition) is 11. The van der Waals surface area contributed by atoms with E-state index in [1.165, 1.54) is 11.1 Å². The Kier molecular flexibility index (Phi) is 11.1. The molecule has 0 bridgehead atoms. The third kappa shape index (κ3) is 9.36. The van der Waals surface area contributed by atoms with Crippen molar-refractivity contribution in [1.82, 2.24) is 30.9 Å². The molecule has 5 rings (SSSR count). The van der Waals surface area contributed by atoms with Crippen LogP contribution in [0, 0.1) is 11.8 Å². The van der Waals surface area contributed by atoms with Gasteiger partial charge in [0.2, 0.25) is 11.7 Å². The minimum Gasteiger partial charge on any atom is -0.444 e. The van der Waals surface area contributed by atoms with E-state index in [0.717, 1.165) is 17.4 Å². The first-order valence-corrected chi connectivity index (χ1v) is 18.3. The fourth-order valence-electron chi connectivity index (χ4n) is 5.86. The average molecular weight is 703 g/mol. The van der Waals surface area contributed by atoms with Crippen molar-refractivity contribution in [3.63, 3.8) is 0 Å². The molecule has 2 aromatic carbocycles. The van der Waals surface area contributed by atoms with Gasteiger partial charge in [-0.1, -0.05) is 24.3 Å². The molecule has 264 valence electrons. The molecule has 0 aliphatic heterocycles. The van der Waals surface area contributed by atoms with Gasteiger partial charge in [0.05, 0.1) is 16.6 Å².